The Morgan fingerprint density at radius 1 is 1.12 bits per heavy atom. The summed E-state index contributed by atoms with van der Waals surface area (Å²) in [5, 5.41) is 11.5. The molecule has 0 aliphatic rings. The minimum atomic E-state index is -0.860. The number of ether oxygens (including phenoxy) is 1. The van der Waals surface area contributed by atoms with Crippen LogP contribution in [-0.4, -0.2) is 23.2 Å². The fraction of sp³-hybridized carbons (Fsp3) is 0.500. The molecule has 1 N–H and O–H groups in total. The molecule has 0 atom stereocenters. The molecule has 0 spiro atoms. The van der Waals surface area contributed by atoms with Gasteiger partial charge in [0.2, 0.25) is 0 Å². The van der Waals surface area contributed by atoms with Crippen LogP contribution in [0, 0.1) is 0 Å². The Labute approximate surface area is 153 Å². The van der Waals surface area contributed by atoms with E-state index in [0.717, 1.165) is 28.1 Å². The zero-order chi connectivity index (χ0) is 19.0. The minimum absolute atomic E-state index is 0.0426. The van der Waals surface area contributed by atoms with Crippen LogP contribution in [0.1, 0.15) is 57.7 Å². The van der Waals surface area contributed by atoms with Crippen molar-refractivity contribution in [3.8, 4) is 17.0 Å². The van der Waals surface area contributed by atoms with Crippen LogP contribution in [0.5, 0.6) is 5.75 Å². The summed E-state index contributed by atoms with van der Waals surface area (Å²) in [5.74, 6) is 0.0612. The lowest BCUT2D eigenvalue weighted by molar-refractivity contribution is -0.136. The maximum atomic E-state index is 10.9. The average Bonchev–Trinajstić information content (AvgIpc) is 2.91. The fourth-order valence-electron chi connectivity index (χ4n) is 2.76. The van der Waals surface area contributed by atoms with E-state index in [4.69, 9.17) is 9.84 Å². The molecule has 4 nitrogen and oxygen atoms in total. The van der Waals surface area contributed by atoms with E-state index >= 15 is 0 Å². The third-order valence-corrected chi connectivity index (χ3v) is 4.91. The highest BCUT2D eigenvalue weighted by Gasteiger charge is 2.28. The number of hydrogen-bond donors (Lipinski definition) is 1. The molecule has 1 heterocycles. The first kappa shape index (κ1) is 19.4. The minimum Gasteiger partial charge on any atom is -0.496 e. The second kappa shape index (κ2) is 6.79. The van der Waals surface area contributed by atoms with Gasteiger partial charge < -0.3 is 9.84 Å². The van der Waals surface area contributed by atoms with Gasteiger partial charge >= 0.3 is 5.97 Å². The van der Waals surface area contributed by atoms with Crippen LogP contribution in [0.2, 0.25) is 0 Å². The first-order valence-corrected chi connectivity index (χ1v) is 9.21. The van der Waals surface area contributed by atoms with Crippen molar-refractivity contribution >= 4 is 17.3 Å². The molecule has 136 valence electrons. The molecule has 0 bridgehead atoms. The summed E-state index contributed by atoms with van der Waals surface area (Å²) in [6.07, 6.45) is -0.0426. The first-order valence-electron chi connectivity index (χ1n) is 8.33. The Morgan fingerprint density at radius 3 is 2.04 bits per heavy atom. The van der Waals surface area contributed by atoms with E-state index in [1.165, 1.54) is 11.3 Å². The number of nitrogens with zero attached hydrogens (tertiary/aromatic N) is 1. The fourth-order valence-corrected chi connectivity index (χ4v) is 3.56. The van der Waals surface area contributed by atoms with Crippen molar-refractivity contribution in [2.24, 2.45) is 0 Å². The lowest BCUT2D eigenvalue weighted by Crippen LogP contribution is -2.19. The van der Waals surface area contributed by atoms with Crippen LogP contribution in [0.4, 0.5) is 0 Å². The van der Waals surface area contributed by atoms with Crippen molar-refractivity contribution in [1.29, 1.82) is 0 Å². The summed E-state index contributed by atoms with van der Waals surface area (Å²) in [6, 6.07) is 4.24. The van der Waals surface area contributed by atoms with Gasteiger partial charge in [0.25, 0.3) is 0 Å². The van der Waals surface area contributed by atoms with E-state index in [-0.39, 0.29) is 17.3 Å². The van der Waals surface area contributed by atoms with E-state index in [1.807, 2.05) is 5.38 Å². The summed E-state index contributed by atoms with van der Waals surface area (Å²) in [5.41, 5.74) is 3.92. The lowest BCUT2D eigenvalue weighted by atomic mass is 9.78. The van der Waals surface area contributed by atoms with Gasteiger partial charge in [-0.1, -0.05) is 41.5 Å². The maximum Gasteiger partial charge on any atom is 0.310 e. The summed E-state index contributed by atoms with van der Waals surface area (Å²) in [6.45, 7) is 13.0. The number of carboxylic acids is 1. The summed E-state index contributed by atoms with van der Waals surface area (Å²) < 4.78 is 5.78. The van der Waals surface area contributed by atoms with Gasteiger partial charge in [-0.2, -0.15) is 0 Å². The highest BCUT2D eigenvalue weighted by atomic mass is 32.1. The number of hydrogen-bond acceptors (Lipinski definition) is 4. The Kier molecular flexibility index (Phi) is 5.28. The monoisotopic (exact) mass is 361 g/mol. The molecule has 0 amide bonds. The van der Waals surface area contributed by atoms with Crippen LogP contribution < -0.4 is 4.74 Å². The predicted octanol–water partition coefficient (Wildman–Crippen LogP) is 5.04. The van der Waals surface area contributed by atoms with Gasteiger partial charge in [-0.15, -0.1) is 11.3 Å². The molecular formula is C20H27NO3S. The number of thiazole rings is 1. The Bertz CT molecular complexity index is 744. The summed E-state index contributed by atoms with van der Waals surface area (Å²) >= 11 is 1.39. The number of methoxy groups -OCH3 is 1. The maximum absolute atomic E-state index is 10.9. The van der Waals surface area contributed by atoms with Crippen LogP contribution in [-0.2, 0) is 22.0 Å². The van der Waals surface area contributed by atoms with Crippen molar-refractivity contribution in [3.63, 3.8) is 0 Å². The molecule has 1 aromatic carbocycles. The number of rotatable bonds is 4. The van der Waals surface area contributed by atoms with Crippen molar-refractivity contribution in [2.45, 2.75) is 58.8 Å². The van der Waals surface area contributed by atoms with Crippen molar-refractivity contribution in [3.05, 3.63) is 33.6 Å². The Morgan fingerprint density at radius 2 is 1.64 bits per heavy atom. The third-order valence-electron chi connectivity index (χ3n) is 4.06. The van der Waals surface area contributed by atoms with Crippen LogP contribution in [0.25, 0.3) is 11.3 Å². The number of benzene rings is 1. The average molecular weight is 362 g/mol. The van der Waals surface area contributed by atoms with E-state index in [1.54, 1.807) is 7.11 Å². The zero-order valence-corrected chi connectivity index (χ0v) is 16.9. The number of carboxylic acid groups (broad SMARTS) is 1. The van der Waals surface area contributed by atoms with Gasteiger partial charge in [-0.05, 0) is 23.0 Å². The Balaban J connectivity index is 2.67. The second-order valence-electron chi connectivity index (χ2n) is 8.30. The van der Waals surface area contributed by atoms with E-state index in [0.29, 0.717) is 5.01 Å². The van der Waals surface area contributed by atoms with Crippen LogP contribution >= 0.6 is 11.3 Å². The second-order valence-corrected chi connectivity index (χ2v) is 9.24. The lowest BCUT2D eigenvalue weighted by Gasteiger charge is -2.29. The summed E-state index contributed by atoms with van der Waals surface area (Å²) in [7, 11) is 1.72. The normalized spacial score (nSPS) is 12.3. The standard InChI is InChI=1S/C20H27NO3S/c1-19(2,3)13-8-12(9-14(18(13)24-7)20(4,5)6)15-11-25-16(21-15)10-17(22)23/h8-9,11H,10H2,1-7H3,(H,22,23). The van der Waals surface area contributed by atoms with Gasteiger partial charge in [0.1, 0.15) is 10.8 Å². The first-order chi connectivity index (χ1) is 11.4. The summed E-state index contributed by atoms with van der Waals surface area (Å²) in [4.78, 5) is 15.4. The molecule has 0 aliphatic carbocycles. The molecule has 5 heteroatoms. The van der Waals surface area contributed by atoms with Gasteiger partial charge in [-0.25, -0.2) is 4.98 Å². The molecule has 2 aromatic rings. The molecule has 2 rings (SSSR count). The van der Waals surface area contributed by atoms with Crippen molar-refractivity contribution in [1.82, 2.24) is 4.98 Å². The van der Waals surface area contributed by atoms with E-state index < -0.39 is 5.97 Å². The number of carbonyl (C=O) groups is 1. The van der Waals surface area contributed by atoms with Gasteiger partial charge in [0, 0.05) is 22.1 Å². The van der Waals surface area contributed by atoms with Crippen molar-refractivity contribution < 1.29 is 14.6 Å². The van der Waals surface area contributed by atoms with Gasteiger partial charge in [-0.3, -0.25) is 4.79 Å². The zero-order valence-electron chi connectivity index (χ0n) is 16.1. The highest BCUT2D eigenvalue weighted by molar-refractivity contribution is 7.10. The molecule has 0 fully saturated rings. The molecule has 1 aromatic heterocycles. The predicted molar refractivity (Wildman–Crippen MR) is 103 cm³/mol. The molecular weight excluding hydrogens is 334 g/mol. The molecule has 0 saturated heterocycles. The molecule has 0 radical (unpaired) electrons. The van der Waals surface area contributed by atoms with Crippen molar-refractivity contribution in [2.75, 3.05) is 7.11 Å². The third kappa shape index (κ3) is 4.40. The molecule has 0 aliphatic heterocycles. The quantitative estimate of drug-likeness (QED) is 0.829. The Hall–Kier alpha value is -1.88. The van der Waals surface area contributed by atoms with Gasteiger partial charge in [0.05, 0.1) is 19.2 Å². The molecule has 25 heavy (non-hydrogen) atoms. The SMILES string of the molecule is COc1c(C(C)(C)C)cc(-c2csc(CC(=O)O)n2)cc1C(C)(C)C. The van der Waals surface area contributed by atoms with E-state index in [2.05, 4.69) is 58.7 Å². The smallest absolute Gasteiger partial charge is 0.310 e. The van der Waals surface area contributed by atoms with Crippen LogP contribution in [0.15, 0.2) is 17.5 Å². The number of aliphatic carboxylic acids is 1. The van der Waals surface area contributed by atoms with Crippen LogP contribution in [0.3, 0.4) is 0 Å². The van der Waals surface area contributed by atoms with E-state index in [9.17, 15) is 4.79 Å². The topological polar surface area (TPSA) is 59.4 Å². The number of aromatic nitrogens is 1. The highest BCUT2D eigenvalue weighted by Crippen LogP contribution is 2.42. The molecule has 0 unspecified atom stereocenters. The molecule has 0 saturated carbocycles. The van der Waals surface area contributed by atoms with Gasteiger partial charge in [0.15, 0.2) is 0 Å². The largest absolute Gasteiger partial charge is 0.496 e.